The van der Waals surface area contributed by atoms with Gasteiger partial charge in [0, 0.05) is 53.0 Å². The topological polar surface area (TPSA) is 110 Å². The van der Waals surface area contributed by atoms with Crippen LogP contribution in [0.4, 0.5) is 5.69 Å². The zero-order valence-electron chi connectivity index (χ0n) is 17.3. The number of nitrogens with one attached hydrogen (secondary N) is 1. The van der Waals surface area contributed by atoms with Crippen molar-refractivity contribution < 1.29 is 19.4 Å². The fraction of sp³-hybridized carbons (Fsp3) is 0.550. The lowest BCUT2D eigenvalue weighted by molar-refractivity contribution is -0.143. The summed E-state index contributed by atoms with van der Waals surface area (Å²) in [4.78, 5) is 24.3. The predicted molar refractivity (Wildman–Crippen MR) is 117 cm³/mol. The van der Waals surface area contributed by atoms with Crippen LogP contribution in [-0.4, -0.2) is 51.8 Å². The third-order valence-corrected chi connectivity index (χ3v) is 9.29. The summed E-state index contributed by atoms with van der Waals surface area (Å²) < 4.78 is 9.18. The lowest BCUT2D eigenvalue weighted by Gasteiger charge is -2.32. The van der Waals surface area contributed by atoms with E-state index in [0.29, 0.717) is 19.4 Å². The average Bonchev–Trinajstić information content (AvgIpc) is 3.31. The summed E-state index contributed by atoms with van der Waals surface area (Å²) in [5, 5.41) is 20.2. The third kappa shape index (κ3) is 3.54. The van der Waals surface area contributed by atoms with Gasteiger partial charge in [0.1, 0.15) is 0 Å². The summed E-state index contributed by atoms with van der Waals surface area (Å²) in [5.74, 6) is -0.342. The van der Waals surface area contributed by atoms with Gasteiger partial charge in [0.25, 0.3) is 5.91 Å². The molecule has 2 aromatic rings. The van der Waals surface area contributed by atoms with E-state index in [2.05, 4.69) is 31.6 Å². The van der Waals surface area contributed by atoms with Gasteiger partial charge in [-0.15, -0.1) is 5.10 Å². The minimum absolute atomic E-state index is 0.0287. The number of hydrogen-bond acceptors (Lipinski definition) is 6. The highest BCUT2D eigenvalue weighted by molar-refractivity contribution is 9.10. The number of aromatic nitrogens is 3. The molecule has 3 heterocycles. The van der Waals surface area contributed by atoms with Crippen LogP contribution in [0.25, 0.3) is 0 Å². The van der Waals surface area contributed by atoms with Crippen molar-refractivity contribution in [2.75, 3.05) is 11.9 Å². The zero-order chi connectivity index (χ0) is 21.7. The van der Waals surface area contributed by atoms with Gasteiger partial charge in [0.05, 0.1) is 11.8 Å². The molecule has 162 valence electrons. The molecule has 0 radical (unpaired) electrons. The Balaban J connectivity index is 1.64. The Morgan fingerprint density at radius 3 is 2.87 bits per heavy atom. The molecular formula is C20H27BrN4O4Si. The third-order valence-electron chi connectivity index (χ3n) is 6.30. The smallest absolute Gasteiger partial charge is 0.261 e. The number of nitrogens with zero attached hydrogens (tertiary/aromatic N) is 3. The van der Waals surface area contributed by atoms with E-state index in [4.69, 9.17) is 9.84 Å². The summed E-state index contributed by atoms with van der Waals surface area (Å²) >= 11 is 3.51. The largest absolute Gasteiger partial charge is 0.432 e. The van der Waals surface area contributed by atoms with Crippen molar-refractivity contribution in [3.8, 4) is 0 Å². The van der Waals surface area contributed by atoms with Crippen LogP contribution >= 0.6 is 15.9 Å². The SMILES string of the molecule is C[C@@H]1[C@@H]([Si](C)(C)O)[C@H](CCn2cc(CCO)nn2)O[C@@]12C(=O)Nc1ccc(Br)cc12. The lowest BCUT2D eigenvalue weighted by Crippen LogP contribution is -2.43. The number of ether oxygens (including phenoxy) is 1. The maximum absolute atomic E-state index is 13.2. The van der Waals surface area contributed by atoms with Crippen molar-refractivity contribution in [2.45, 2.75) is 56.7 Å². The summed E-state index contributed by atoms with van der Waals surface area (Å²) in [6.45, 7) is 6.42. The fourth-order valence-corrected chi connectivity index (χ4v) is 8.04. The first kappa shape index (κ1) is 21.6. The molecule has 8 nitrogen and oxygen atoms in total. The summed E-state index contributed by atoms with van der Waals surface area (Å²) in [5.41, 5.74) is 1.10. The number of carbonyl (C=O) groups excluding carboxylic acids is 1. The number of aryl methyl sites for hydroxylation is 1. The second-order valence-corrected chi connectivity index (χ2v) is 13.6. The molecule has 10 heteroatoms. The van der Waals surface area contributed by atoms with Gasteiger partial charge in [-0.2, -0.15) is 0 Å². The number of carbonyl (C=O) groups is 1. The first-order valence-corrected chi connectivity index (χ1v) is 14.0. The van der Waals surface area contributed by atoms with Crippen molar-refractivity contribution in [3.63, 3.8) is 0 Å². The van der Waals surface area contributed by atoms with Crippen LogP contribution in [0.2, 0.25) is 18.6 Å². The van der Waals surface area contributed by atoms with Gasteiger partial charge >= 0.3 is 0 Å². The molecule has 2 aliphatic heterocycles. The molecule has 1 amide bonds. The van der Waals surface area contributed by atoms with E-state index in [1.165, 1.54) is 0 Å². The summed E-state index contributed by atoms with van der Waals surface area (Å²) in [6, 6.07) is 5.71. The molecule has 4 rings (SSSR count). The number of fused-ring (bicyclic) bond motifs is 2. The molecule has 1 aromatic carbocycles. The van der Waals surface area contributed by atoms with Gasteiger partial charge < -0.3 is 20.0 Å². The number of anilines is 1. The van der Waals surface area contributed by atoms with E-state index >= 15 is 0 Å². The quantitative estimate of drug-likeness (QED) is 0.531. The Kier molecular flexibility index (Phi) is 5.65. The minimum Gasteiger partial charge on any atom is -0.432 e. The highest BCUT2D eigenvalue weighted by Crippen LogP contribution is 2.58. The van der Waals surface area contributed by atoms with Crippen molar-refractivity contribution in [3.05, 3.63) is 40.1 Å². The Morgan fingerprint density at radius 2 is 2.17 bits per heavy atom. The fourth-order valence-electron chi connectivity index (χ4n) is 5.08. The van der Waals surface area contributed by atoms with Gasteiger partial charge in [-0.1, -0.05) is 28.1 Å². The standard InChI is InChI=1S/C20H27BrN4O4Si/c1-12-18(30(2,3)28)17(6-8-25-11-14(7-9-26)23-24-25)29-20(12)15-10-13(21)4-5-16(15)22-19(20)27/h4-5,10-12,17-18,26,28H,6-9H2,1-3H3,(H,22,27)/t12-,17+,18-,20+/m1/s1. The highest BCUT2D eigenvalue weighted by Gasteiger charge is 2.64. The number of halogens is 1. The van der Waals surface area contributed by atoms with Crippen molar-refractivity contribution in [2.24, 2.45) is 5.92 Å². The van der Waals surface area contributed by atoms with E-state index in [1.807, 2.05) is 44.4 Å². The predicted octanol–water partition coefficient (Wildman–Crippen LogP) is 2.42. The van der Waals surface area contributed by atoms with Crippen LogP contribution in [0.15, 0.2) is 28.9 Å². The maximum Gasteiger partial charge on any atom is 0.261 e. The second kappa shape index (κ2) is 7.83. The lowest BCUT2D eigenvalue weighted by atomic mass is 9.82. The van der Waals surface area contributed by atoms with Crippen LogP contribution in [0, 0.1) is 5.92 Å². The number of benzene rings is 1. The number of hydrogen-bond donors (Lipinski definition) is 3. The Hall–Kier alpha value is -1.59. The van der Waals surface area contributed by atoms with Crippen molar-refractivity contribution in [1.82, 2.24) is 15.0 Å². The normalized spacial score (nSPS) is 28.2. The number of aliphatic hydroxyl groups excluding tert-OH is 1. The van der Waals surface area contributed by atoms with Crippen molar-refractivity contribution in [1.29, 1.82) is 0 Å². The number of aliphatic hydroxyl groups is 1. The van der Waals surface area contributed by atoms with E-state index in [-0.39, 0.29) is 30.1 Å². The van der Waals surface area contributed by atoms with Gasteiger partial charge in [-0.3, -0.25) is 9.48 Å². The van der Waals surface area contributed by atoms with E-state index < -0.39 is 13.9 Å². The molecule has 1 saturated heterocycles. The average molecular weight is 495 g/mol. The van der Waals surface area contributed by atoms with Gasteiger partial charge in [-0.25, -0.2) is 0 Å². The Morgan fingerprint density at radius 1 is 1.40 bits per heavy atom. The summed E-state index contributed by atoms with van der Waals surface area (Å²) in [6.07, 6.45) is 2.60. The van der Waals surface area contributed by atoms with Crippen LogP contribution in [0.1, 0.15) is 24.6 Å². The van der Waals surface area contributed by atoms with E-state index in [9.17, 15) is 9.59 Å². The van der Waals surface area contributed by atoms with Crippen LogP contribution in [0.5, 0.6) is 0 Å². The minimum atomic E-state index is -2.65. The molecule has 1 aromatic heterocycles. The first-order chi connectivity index (χ1) is 14.2. The monoisotopic (exact) mass is 494 g/mol. The van der Waals surface area contributed by atoms with Crippen LogP contribution < -0.4 is 5.32 Å². The van der Waals surface area contributed by atoms with Crippen LogP contribution in [-0.2, 0) is 28.1 Å². The second-order valence-electron chi connectivity index (χ2n) is 8.74. The molecule has 0 saturated carbocycles. The molecule has 4 atom stereocenters. The van der Waals surface area contributed by atoms with Gasteiger partial charge in [0.15, 0.2) is 13.9 Å². The summed E-state index contributed by atoms with van der Waals surface area (Å²) in [7, 11) is -2.65. The van der Waals surface area contributed by atoms with Gasteiger partial charge in [-0.05, 0) is 37.7 Å². The molecule has 1 spiro atoms. The zero-order valence-corrected chi connectivity index (χ0v) is 19.9. The molecule has 0 bridgehead atoms. The molecule has 3 N–H and O–H groups in total. The van der Waals surface area contributed by atoms with E-state index in [0.717, 1.165) is 21.4 Å². The molecular weight excluding hydrogens is 468 g/mol. The maximum atomic E-state index is 13.2. The molecule has 2 aliphatic rings. The molecule has 30 heavy (non-hydrogen) atoms. The Labute approximate surface area is 184 Å². The van der Waals surface area contributed by atoms with Crippen LogP contribution in [0.3, 0.4) is 0 Å². The Bertz CT molecular complexity index is 963. The molecule has 0 unspecified atom stereocenters. The number of rotatable bonds is 6. The first-order valence-electron chi connectivity index (χ1n) is 10.2. The van der Waals surface area contributed by atoms with Gasteiger partial charge in [0.2, 0.25) is 0 Å². The number of amides is 1. The molecule has 1 fully saturated rings. The highest BCUT2D eigenvalue weighted by atomic mass is 79.9. The molecule has 0 aliphatic carbocycles. The van der Waals surface area contributed by atoms with Crippen molar-refractivity contribution >= 4 is 35.8 Å². The van der Waals surface area contributed by atoms with E-state index in [1.54, 1.807) is 4.68 Å².